The monoisotopic (exact) mass is 842 g/mol. The molecule has 59 heavy (non-hydrogen) atoms. The van der Waals surface area contributed by atoms with E-state index < -0.39 is 17.2 Å². The molecule has 310 valence electrons. The summed E-state index contributed by atoms with van der Waals surface area (Å²) in [6, 6.07) is 10.8. The quantitative estimate of drug-likeness (QED) is 0.144. The third-order valence-corrected chi connectivity index (χ3v) is 14.7. The van der Waals surface area contributed by atoms with Gasteiger partial charge in [-0.15, -0.1) is 0 Å². The number of nitrogens with zero attached hydrogens (tertiary/aromatic N) is 6. The fourth-order valence-electron chi connectivity index (χ4n) is 10.5. The van der Waals surface area contributed by atoms with Gasteiger partial charge in [-0.05, 0) is 74.6 Å². The molecule has 0 unspecified atom stereocenters. The number of aromatic nitrogens is 4. The van der Waals surface area contributed by atoms with Crippen LogP contribution in [0.1, 0.15) is 96.1 Å². The van der Waals surface area contributed by atoms with E-state index in [0.29, 0.717) is 52.7 Å². The number of nitrogens with one attached hydrogen (secondary N) is 2. The van der Waals surface area contributed by atoms with Crippen LogP contribution in [0.2, 0.25) is 10.0 Å². The number of fused-ring (bicyclic) bond motifs is 4. The molecule has 2 aromatic heterocycles. The summed E-state index contributed by atoms with van der Waals surface area (Å²) < 4.78 is 19.7. The van der Waals surface area contributed by atoms with Crippen LogP contribution in [0.15, 0.2) is 36.4 Å². The second-order valence-electron chi connectivity index (χ2n) is 17.4. The number of anilines is 1. The lowest BCUT2D eigenvalue weighted by Crippen LogP contribution is -2.41. The predicted molar refractivity (Wildman–Crippen MR) is 225 cm³/mol. The number of carboxylic acids is 1. The van der Waals surface area contributed by atoms with Crippen LogP contribution in [0.3, 0.4) is 0 Å². The molecule has 2 aliphatic carbocycles. The normalized spacial score (nSPS) is 24.3. The molecular formula is C44H49Cl2FN8O4. The van der Waals surface area contributed by atoms with Gasteiger partial charge in [0.25, 0.3) is 5.91 Å². The molecule has 3 N–H and O–H groups in total. The summed E-state index contributed by atoms with van der Waals surface area (Å²) in [5, 5.41) is 16.4. The van der Waals surface area contributed by atoms with Gasteiger partial charge in [-0.3, -0.25) is 24.2 Å². The molecule has 5 heterocycles. The van der Waals surface area contributed by atoms with Gasteiger partial charge in [-0.2, -0.15) is 0 Å². The topological polar surface area (TPSA) is 138 Å². The number of carbonyl (C=O) groups is 3. The van der Waals surface area contributed by atoms with Gasteiger partial charge in [0.1, 0.15) is 0 Å². The number of rotatable bonds is 11. The number of halogens is 3. The molecule has 3 aliphatic heterocycles. The fourth-order valence-corrected chi connectivity index (χ4v) is 11.0. The average Bonchev–Trinajstić information content (AvgIpc) is 4.05. The van der Waals surface area contributed by atoms with Crippen molar-refractivity contribution in [1.29, 1.82) is 0 Å². The van der Waals surface area contributed by atoms with Crippen LogP contribution in [-0.4, -0.2) is 84.0 Å². The number of amides is 2. The predicted octanol–water partition coefficient (Wildman–Crippen LogP) is 7.27. The zero-order valence-corrected chi connectivity index (χ0v) is 34.9. The third-order valence-electron chi connectivity index (χ3n) is 13.9. The van der Waals surface area contributed by atoms with E-state index in [-0.39, 0.29) is 34.1 Å². The molecule has 15 heteroatoms. The van der Waals surface area contributed by atoms with Gasteiger partial charge in [0.05, 0.1) is 32.5 Å². The zero-order chi connectivity index (χ0) is 41.2. The number of aliphatic carboxylic acids is 1. The molecule has 4 aromatic rings. The minimum Gasteiger partial charge on any atom is -0.481 e. The highest BCUT2D eigenvalue weighted by Crippen LogP contribution is 2.63. The summed E-state index contributed by atoms with van der Waals surface area (Å²) in [6.07, 6.45) is 9.59. The van der Waals surface area contributed by atoms with Crippen molar-refractivity contribution in [2.75, 3.05) is 31.5 Å². The summed E-state index contributed by atoms with van der Waals surface area (Å²) in [7, 11) is 3.69. The minimum absolute atomic E-state index is 0.0915. The number of carbonyl (C=O) groups excluding carboxylic acids is 2. The Balaban J connectivity index is 0.875. The maximum atomic E-state index is 16.1. The first-order chi connectivity index (χ1) is 28.3. The van der Waals surface area contributed by atoms with E-state index in [1.54, 1.807) is 24.3 Å². The molecule has 0 radical (unpaired) electrons. The van der Waals surface area contributed by atoms with Gasteiger partial charge in [-0.1, -0.05) is 53.5 Å². The molecule has 2 aromatic carbocycles. The molecule has 1 atom stereocenters. The Morgan fingerprint density at radius 3 is 2.24 bits per heavy atom. The zero-order valence-electron chi connectivity index (χ0n) is 33.4. The number of benzene rings is 2. The van der Waals surface area contributed by atoms with Crippen molar-refractivity contribution in [2.24, 2.45) is 24.9 Å². The molecule has 2 saturated carbocycles. The lowest BCUT2D eigenvalue weighted by molar-refractivity contribution is -0.148. The van der Waals surface area contributed by atoms with Crippen molar-refractivity contribution in [2.45, 2.75) is 83.3 Å². The molecule has 2 bridgehead atoms. The van der Waals surface area contributed by atoms with Gasteiger partial charge in [-0.25, -0.2) is 14.4 Å². The standard InChI is InChI=1S/C44H49Cl2FN8O4/c1-52-34-12-19-55(22-27-9-10-36(56)48-27)24-33(34)49-39(52)30(47)21-26-5-3-6-28(37(26)45)29-7-4-8-31(38(29)46)51-41(57)40-50-32-23-54(18-11-35(32)53(40)2)20-17-43-13-15-44(25-43,16-14-43)42(58)59/h3-8,21,27H,9-20,22-25H2,1-2H3,(H,48,56)(H,51,57)(H,58,59)/b30-21-/t27-,43?,44?/m0/s1. The van der Waals surface area contributed by atoms with Gasteiger partial charge < -0.3 is 24.9 Å². The Morgan fingerprint density at radius 1 is 0.915 bits per heavy atom. The van der Waals surface area contributed by atoms with Gasteiger partial charge >= 0.3 is 5.97 Å². The highest BCUT2D eigenvalue weighted by molar-refractivity contribution is 6.39. The highest BCUT2D eigenvalue weighted by Gasteiger charge is 2.57. The van der Waals surface area contributed by atoms with Crippen molar-refractivity contribution in [3.8, 4) is 11.1 Å². The Morgan fingerprint density at radius 2 is 1.56 bits per heavy atom. The molecule has 2 amide bonds. The first-order valence-electron chi connectivity index (χ1n) is 20.6. The molecule has 9 rings (SSSR count). The van der Waals surface area contributed by atoms with Crippen LogP contribution in [0.5, 0.6) is 0 Å². The van der Waals surface area contributed by atoms with Crippen LogP contribution >= 0.6 is 23.2 Å². The van der Waals surface area contributed by atoms with E-state index in [2.05, 4.69) is 20.4 Å². The number of carboxylic acid groups (broad SMARTS) is 1. The molecule has 3 fully saturated rings. The van der Waals surface area contributed by atoms with E-state index in [1.807, 2.05) is 35.4 Å². The van der Waals surface area contributed by atoms with Crippen molar-refractivity contribution in [3.05, 3.63) is 86.4 Å². The van der Waals surface area contributed by atoms with Gasteiger partial charge in [0.2, 0.25) is 5.91 Å². The molecule has 12 nitrogen and oxygen atoms in total. The van der Waals surface area contributed by atoms with Crippen LogP contribution in [0.4, 0.5) is 10.1 Å². The van der Waals surface area contributed by atoms with Crippen LogP contribution in [0.25, 0.3) is 23.0 Å². The van der Waals surface area contributed by atoms with Gasteiger partial charge in [0, 0.05) is 94.6 Å². The van der Waals surface area contributed by atoms with E-state index in [4.69, 9.17) is 33.2 Å². The molecule has 5 aliphatic rings. The summed E-state index contributed by atoms with van der Waals surface area (Å²) in [4.78, 5) is 51.6. The first-order valence-corrected chi connectivity index (χ1v) is 21.4. The van der Waals surface area contributed by atoms with Crippen LogP contribution < -0.4 is 10.6 Å². The summed E-state index contributed by atoms with van der Waals surface area (Å²) in [6.45, 7) is 4.52. The molecule has 0 spiro atoms. The highest BCUT2D eigenvalue weighted by atomic mass is 35.5. The Hall–Kier alpha value is -4.56. The maximum absolute atomic E-state index is 16.1. The van der Waals surface area contributed by atoms with E-state index in [1.165, 1.54) is 6.08 Å². The largest absolute Gasteiger partial charge is 0.481 e. The van der Waals surface area contributed by atoms with Crippen LogP contribution in [0, 0.1) is 10.8 Å². The van der Waals surface area contributed by atoms with E-state index in [9.17, 15) is 19.5 Å². The summed E-state index contributed by atoms with van der Waals surface area (Å²) >= 11 is 14.0. The average molecular weight is 844 g/mol. The number of hydrogen-bond donors (Lipinski definition) is 3. The van der Waals surface area contributed by atoms with Crippen LogP contribution in [-0.2, 0) is 49.6 Å². The SMILES string of the molecule is Cn1c(C(=O)Nc2cccc(-c3cccc(/C=C(\F)c4nc5c(n4C)CCN(C[C@@H]4CCC(=O)N4)C5)c3Cl)c2Cl)nc2c1CCN(CCC13CCC(C(=O)O)(CC1)C3)C2. The van der Waals surface area contributed by atoms with Crippen molar-refractivity contribution in [1.82, 2.24) is 34.2 Å². The van der Waals surface area contributed by atoms with E-state index >= 15 is 4.39 Å². The van der Waals surface area contributed by atoms with Crippen molar-refractivity contribution >= 4 is 58.6 Å². The Kier molecular flexibility index (Phi) is 10.5. The van der Waals surface area contributed by atoms with Crippen molar-refractivity contribution < 1.29 is 23.9 Å². The summed E-state index contributed by atoms with van der Waals surface area (Å²) in [5.41, 5.74) is 5.36. The Labute approximate surface area is 352 Å². The summed E-state index contributed by atoms with van der Waals surface area (Å²) in [5.74, 6) is -0.922. The number of hydrogen-bond acceptors (Lipinski definition) is 7. The Bertz CT molecular complexity index is 2400. The van der Waals surface area contributed by atoms with Gasteiger partial charge in [0.15, 0.2) is 17.5 Å². The lowest BCUT2D eigenvalue weighted by atomic mass is 9.80. The number of imidazole rings is 2. The molecular weight excluding hydrogens is 794 g/mol. The minimum atomic E-state index is -0.632. The molecule has 1 saturated heterocycles. The van der Waals surface area contributed by atoms with Crippen molar-refractivity contribution in [3.63, 3.8) is 0 Å². The first kappa shape index (κ1) is 39.9. The second-order valence-corrected chi connectivity index (χ2v) is 18.2. The lowest BCUT2D eigenvalue weighted by Gasteiger charge is -2.32. The smallest absolute Gasteiger partial charge is 0.309 e. The second kappa shape index (κ2) is 15.5. The maximum Gasteiger partial charge on any atom is 0.309 e. The van der Waals surface area contributed by atoms with E-state index in [0.717, 1.165) is 107 Å². The fraction of sp³-hybridized carbons (Fsp3) is 0.477. The third kappa shape index (κ3) is 7.38.